The number of hydrogen-bond donors (Lipinski definition) is 2. The Kier molecular flexibility index (Phi) is 5.72. The van der Waals surface area contributed by atoms with Gasteiger partial charge in [-0.1, -0.05) is 0 Å². The number of nitrogens with zero attached hydrogens (tertiary/aromatic N) is 1. The van der Waals surface area contributed by atoms with Gasteiger partial charge in [-0.05, 0) is 37.3 Å². The van der Waals surface area contributed by atoms with Crippen molar-refractivity contribution in [2.45, 2.75) is 17.3 Å². The van der Waals surface area contributed by atoms with Crippen LogP contribution in [0.2, 0.25) is 0 Å². The summed E-state index contributed by atoms with van der Waals surface area (Å²) >= 11 is 1.13. The zero-order valence-corrected chi connectivity index (χ0v) is 14.6. The van der Waals surface area contributed by atoms with E-state index in [2.05, 4.69) is 10.0 Å². The van der Waals surface area contributed by atoms with Gasteiger partial charge in [0, 0.05) is 23.7 Å². The van der Waals surface area contributed by atoms with Crippen LogP contribution in [-0.4, -0.2) is 21.5 Å². The van der Waals surface area contributed by atoms with Crippen LogP contribution < -0.4 is 10.0 Å². The lowest BCUT2D eigenvalue weighted by atomic mass is 10.1. The fourth-order valence-corrected chi connectivity index (χ4v) is 4.37. The summed E-state index contributed by atoms with van der Waals surface area (Å²) in [5, 5.41) is 11.4. The minimum atomic E-state index is -4.64. The largest absolute Gasteiger partial charge is 0.417 e. The van der Waals surface area contributed by atoms with Gasteiger partial charge in [0.15, 0.2) is 0 Å². The van der Waals surface area contributed by atoms with Gasteiger partial charge in [-0.3, -0.25) is 0 Å². The van der Waals surface area contributed by atoms with Crippen LogP contribution in [0.1, 0.15) is 16.0 Å². The lowest BCUT2D eigenvalue weighted by molar-refractivity contribution is -0.137. The molecule has 0 amide bonds. The summed E-state index contributed by atoms with van der Waals surface area (Å²) < 4.78 is 65.2. The average Bonchev–Trinajstić information content (AvgIpc) is 2.98. The highest BCUT2D eigenvalue weighted by molar-refractivity contribution is 7.91. The quantitative estimate of drug-likeness (QED) is 0.743. The Balaban J connectivity index is 1.97. The van der Waals surface area contributed by atoms with Crippen LogP contribution in [0, 0.1) is 18.3 Å². The Labute approximate surface area is 147 Å². The van der Waals surface area contributed by atoms with E-state index in [-0.39, 0.29) is 23.0 Å². The molecule has 0 fully saturated rings. The minimum absolute atomic E-state index is 0.000629. The zero-order chi connectivity index (χ0) is 18.7. The van der Waals surface area contributed by atoms with Crippen LogP contribution in [0.4, 0.5) is 18.9 Å². The van der Waals surface area contributed by atoms with E-state index in [1.54, 1.807) is 13.0 Å². The third-order valence-electron chi connectivity index (χ3n) is 3.17. The Bertz CT molecular complexity index is 899. The molecule has 0 aliphatic heterocycles. The van der Waals surface area contributed by atoms with Crippen molar-refractivity contribution >= 4 is 27.0 Å². The Hall–Kier alpha value is -2.09. The second kappa shape index (κ2) is 7.43. The van der Waals surface area contributed by atoms with Crippen LogP contribution in [0.25, 0.3) is 0 Å². The highest BCUT2D eigenvalue weighted by atomic mass is 32.2. The Morgan fingerprint density at radius 1 is 1.20 bits per heavy atom. The van der Waals surface area contributed by atoms with Crippen LogP contribution in [0.5, 0.6) is 0 Å². The number of halogens is 3. The molecule has 0 atom stereocenters. The molecule has 2 aromatic rings. The van der Waals surface area contributed by atoms with Gasteiger partial charge < -0.3 is 5.32 Å². The number of thiophene rings is 1. The van der Waals surface area contributed by atoms with Gasteiger partial charge >= 0.3 is 6.18 Å². The first-order chi connectivity index (χ1) is 11.6. The van der Waals surface area contributed by atoms with Crippen LogP contribution in [0.3, 0.4) is 0 Å². The first kappa shape index (κ1) is 19.2. The molecule has 2 rings (SSSR count). The standard InChI is InChI=1S/C15H14F3N3O2S2/c1-10-2-5-14(24-10)25(22,23)21-7-6-20-12-4-3-11(9-19)13(8-12)15(16,17)18/h2-5,8,20-21H,6-7H2,1H3. The fraction of sp³-hybridized carbons (Fsp3) is 0.267. The van der Waals surface area contributed by atoms with E-state index >= 15 is 0 Å². The topological polar surface area (TPSA) is 82.0 Å². The molecule has 2 N–H and O–H groups in total. The van der Waals surface area contributed by atoms with E-state index in [1.807, 2.05) is 0 Å². The molecule has 0 saturated heterocycles. The second-order valence-corrected chi connectivity index (χ2v) is 8.34. The summed E-state index contributed by atoms with van der Waals surface area (Å²) in [5.41, 5.74) is -1.35. The predicted octanol–water partition coefficient (Wildman–Crippen LogP) is 3.34. The maximum Gasteiger partial charge on any atom is 0.417 e. The normalized spacial score (nSPS) is 12.0. The molecule has 10 heteroatoms. The summed E-state index contributed by atoms with van der Waals surface area (Å²) in [7, 11) is -3.63. The summed E-state index contributed by atoms with van der Waals surface area (Å²) in [5.74, 6) is 0. The van der Waals surface area contributed by atoms with Gasteiger partial charge in [-0.15, -0.1) is 11.3 Å². The summed E-state index contributed by atoms with van der Waals surface area (Å²) in [6.45, 7) is 1.88. The van der Waals surface area contributed by atoms with Crippen molar-refractivity contribution in [3.63, 3.8) is 0 Å². The molecule has 134 valence electrons. The first-order valence-electron chi connectivity index (χ1n) is 7.05. The van der Waals surface area contributed by atoms with Gasteiger partial charge in [0.05, 0.1) is 17.2 Å². The molecular formula is C15H14F3N3O2S2. The Morgan fingerprint density at radius 3 is 2.48 bits per heavy atom. The van der Waals surface area contributed by atoms with E-state index in [1.165, 1.54) is 18.2 Å². The molecular weight excluding hydrogens is 375 g/mol. The highest BCUT2D eigenvalue weighted by Gasteiger charge is 2.33. The minimum Gasteiger partial charge on any atom is -0.384 e. The SMILES string of the molecule is Cc1ccc(S(=O)(=O)NCCNc2ccc(C#N)c(C(F)(F)F)c2)s1. The molecule has 0 saturated carbocycles. The zero-order valence-electron chi connectivity index (χ0n) is 13.0. The van der Waals surface area contributed by atoms with Gasteiger partial charge in [-0.25, -0.2) is 13.1 Å². The lowest BCUT2D eigenvalue weighted by Gasteiger charge is -2.12. The number of alkyl halides is 3. The molecule has 0 aliphatic carbocycles. The summed E-state index contributed by atoms with van der Waals surface area (Å²) in [6.07, 6.45) is -4.64. The highest BCUT2D eigenvalue weighted by Crippen LogP contribution is 2.33. The van der Waals surface area contributed by atoms with E-state index in [0.717, 1.165) is 28.3 Å². The molecule has 0 radical (unpaired) electrons. The number of hydrogen-bond acceptors (Lipinski definition) is 5. The maximum absolute atomic E-state index is 12.9. The van der Waals surface area contributed by atoms with Gasteiger partial charge in [0.25, 0.3) is 0 Å². The summed E-state index contributed by atoms with van der Waals surface area (Å²) in [4.78, 5) is 0.857. The van der Waals surface area contributed by atoms with E-state index in [9.17, 15) is 21.6 Å². The molecule has 5 nitrogen and oxygen atoms in total. The molecule has 1 aromatic carbocycles. The van der Waals surface area contributed by atoms with Gasteiger partial charge in [0.2, 0.25) is 10.0 Å². The molecule has 0 bridgehead atoms. The maximum atomic E-state index is 12.9. The number of sulfonamides is 1. The van der Waals surface area contributed by atoms with Crippen LogP contribution >= 0.6 is 11.3 Å². The van der Waals surface area contributed by atoms with Crippen LogP contribution in [-0.2, 0) is 16.2 Å². The molecule has 0 aliphatic rings. The van der Waals surface area contributed by atoms with E-state index in [4.69, 9.17) is 5.26 Å². The number of anilines is 1. The average molecular weight is 389 g/mol. The van der Waals surface area contributed by atoms with Gasteiger partial charge in [0.1, 0.15) is 4.21 Å². The number of nitriles is 1. The molecule has 1 heterocycles. The van der Waals surface area contributed by atoms with Crippen molar-refractivity contribution < 1.29 is 21.6 Å². The summed E-state index contributed by atoms with van der Waals surface area (Å²) in [6, 6.07) is 7.92. The lowest BCUT2D eigenvalue weighted by Crippen LogP contribution is -2.28. The van der Waals surface area contributed by atoms with Crippen molar-refractivity contribution in [3.8, 4) is 6.07 Å². The molecule has 1 aromatic heterocycles. The van der Waals surface area contributed by atoms with Crippen LogP contribution in [0.15, 0.2) is 34.5 Å². The van der Waals surface area contributed by atoms with E-state index in [0.29, 0.717) is 0 Å². The molecule has 25 heavy (non-hydrogen) atoms. The van der Waals surface area contributed by atoms with Crippen molar-refractivity contribution in [1.82, 2.24) is 4.72 Å². The van der Waals surface area contributed by atoms with Crippen molar-refractivity contribution in [2.75, 3.05) is 18.4 Å². The molecule has 0 spiro atoms. The third-order valence-corrected chi connectivity index (χ3v) is 6.13. The smallest absolute Gasteiger partial charge is 0.384 e. The number of rotatable bonds is 6. The first-order valence-corrected chi connectivity index (χ1v) is 9.35. The van der Waals surface area contributed by atoms with Crippen molar-refractivity contribution in [3.05, 3.63) is 46.3 Å². The number of aryl methyl sites for hydroxylation is 1. The van der Waals surface area contributed by atoms with Crippen molar-refractivity contribution in [1.29, 1.82) is 5.26 Å². The number of nitrogens with one attached hydrogen (secondary N) is 2. The third kappa shape index (κ3) is 4.94. The number of benzene rings is 1. The molecule has 0 unspecified atom stereocenters. The Morgan fingerprint density at radius 2 is 1.92 bits per heavy atom. The van der Waals surface area contributed by atoms with Crippen molar-refractivity contribution in [2.24, 2.45) is 0 Å². The second-order valence-electron chi connectivity index (χ2n) is 5.06. The fourth-order valence-electron chi connectivity index (χ4n) is 2.01. The van der Waals surface area contributed by atoms with Gasteiger partial charge in [-0.2, -0.15) is 18.4 Å². The monoisotopic (exact) mass is 389 g/mol. The predicted molar refractivity (Wildman–Crippen MR) is 88.9 cm³/mol. The van der Waals surface area contributed by atoms with E-state index < -0.39 is 27.3 Å².